The van der Waals surface area contributed by atoms with Gasteiger partial charge in [0.25, 0.3) is 0 Å². The van der Waals surface area contributed by atoms with Crippen molar-refractivity contribution in [1.29, 1.82) is 5.26 Å². The zero-order valence-electron chi connectivity index (χ0n) is 11.6. The molecule has 2 N–H and O–H groups in total. The molecule has 1 aromatic rings. The van der Waals surface area contributed by atoms with Gasteiger partial charge < -0.3 is 10.6 Å². The SMILES string of the molecule is Cc1cc(NC(=O)CNC(=O)C(C)(C)C#N)ccc1Br. The standard InChI is InChI=1S/C14H16BrN3O2/c1-9-6-10(4-5-11(9)15)18-12(19)7-17-13(20)14(2,3)8-16/h4-6H,7H2,1-3H3,(H,17,20)(H,18,19). The molecular formula is C14H16BrN3O2. The van der Waals surface area contributed by atoms with Crippen molar-refractivity contribution in [2.75, 3.05) is 11.9 Å². The van der Waals surface area contributed by atoms with Crippen LogP contribution in [0.3, 0.4) is 0 Å². The third-order valence-corrected chi connectivity index (χ3v) is 3.59. The number of nitrogens with one attached hydrogen (secondary N) is 2. The lowest BCUT2D eigenvalue weighted by Crippen LogP contribution is -2.40. The molecule has 20 heavy (non-hydrogen) atoms. The van der Waals surface area contributed by atoms with Crippen LogP contribution in [0, 0.1) is 23.7 Å². The molecule has 0 unspecified atom stereocenters. The summed E-state index contributed by atoms with van der Waals surface area (Å²) in [6.45, 7) is 4.74. The van der Waals surface area contributed by atoms with Crippen LogP contribution in [0.4, 0.5) is 5.69 Å². The summed E-state index contributed by atoms with van der Waals surface area (Å²) in [4.78, 5) is 23.3. The third-order valence-electron chi connectivity index (χ3n) is 2.70. The molecule has 0 aliphatic carbocycles. The summed E-state index contributed by atoms with van der Waals surface area (Å²) in [6.07, 6.45) is 0. The van der Waals surface area contributed by atoms with E-state index in [1.807, 2.05) is 25.1 Å². The lowest BCUT2D eigenvalue weighted by atomic mass is 9.95. The van der Waals surface area contributed by atoms with Gasteiger partial charge in [0.05, 0.1) is 12.6 Å². The van der Waals surface area contributed by atoms with Crippen molar-refractivity contribution in [2.45, 2.75) is 20.8 Å². The van der Waals surface area contributed by atoms with Crippen molar-refractivity contribution < 1.29 is 9.59 Å². The number of carbonyl (C=O) groups is 2. The first-order valence-corrected chi connectivity index (χ1v) is 6.81. The molecule has 0 bridgehead atoms. The van der Waals surface area contributed by atoms with Crippen LogP contribution in [0.25, 0.3) is 0 Å². The molecule has 5 nitrogen and oxygen atoms in total. The minimum Gasteiger partial charge on any atom is -0.346 e. The Kier molecular flexibility index (Phi) is 5.28. The van der Waals surface area contributed by atoms with E-state index in [1.54, 1.807) is 6.07 Å². The summed E-state index contributed by atoms with van der Waals surface area (Å²) >= 11 is 3.37. The van der Waals surface area contributed by atoms with Crippen molar-refractivity contribution in [3.8, 4) is 6.07 Å². The number of carbonyl (C=O) groups excluding carboxylic acids is 2. The largest absolute Gasteiger partial charge is 0.346 e. The van der Waals surface area contributed by atoms with Gasteiger partial charge in [0, 0.05) is 10.2 Å². The summed E-state index contributed by atoms with van der Waals surface area (Å²) in [5.41, 5.74) is 0.510. The van der Waals surface area contributed by atoms with Crippen molar-refractivity contribution in [3.63, 3.8) is 0 Å². The van der Waals surface area contributed by atoms with Crippen LogP contribution >= 0.6 is 15.9 Å². The minimum absolute atomic E-state index is 0.168. The first-order valence-electron chi connectivity index (χ1n) is 6.02. The van der Waals surface area contributed by atoms with E-state index in [2.05, 4.69) is 26.6 Å². The van der Waals surface area contributed by atoms with Crippen molar-refractivity contribution >= 4 is 33.4 Å². The van der Waals surface area contributed by atoms with Crippen LogP contribution in [0.2, 0.25) is 0 Å². The lowest BCUT2D eigenvalue weighted by molar-refractivity contribution is -0.128. The number of nitriles is 1. The molecular weight excluding hydrogens is 322 g/mol. The topological polar surface area (TPSA) is 82.0 Å². The molecule has 1 rings (SSSR count). The van der Waals surface area contributed by atoms with Gasteiger partial charge in [0.15, 0.2) is 0 Å². The maximum Gasteiger partial charge on any atom is 0.243 e. The summed E-state index contributed by atoms with van der Waals surface area (Å²) in [5.74, 6) is -0.809. The van der Waals surface area contributed by atoms with Gasteiger partial charge in [-0.05, 0) is 44.5 Å². The number of hydrogen-bond donors (Lipinski definition) is 2. The van der Waals surface area contributed by atoms with Gasteiger partial charge in [-0.1, -0.05) is 15.9 Å². The monoisotopic (exact) mass is 337 g/mol. The lowest BCUT2D eigenvalue weighted by Gasteiger charge is -2.14. The number of halogens is 1. The van der Waals surface area contributed by atoms with Gasteiger partial charge in [0.1, 0.15) is 5.41 Å². The van der Waals surface area contributed by atoms with Crippen LogP contribution in [0.15, 0.2) is 22.7 Å². The Morgan fingerprint density at radius 3 is 2.60 bits per heavy atom. The number of benzene rings is 1. The van der Waals surface area contributed by atoms with Crippen molar-refractivity contribution in [2.24, 2.45) is 5.41 Å². The van der Waals surface area contributed by atoms with E-state index in [1.165, 1.54) is 13.8 Å². The van der Waals surface area contributed by atoms with Crippen LogP contribution in [0.1, 0.15) is 19.4 Å². The third kappa shape index (κ3) is 4.35. The van der Waals surface area contributed by atoms with E-state index in [-0.39, 0.29) is 12.5 Å². The smallest absolute Gasteiger partial charge is 0.243 e. The zero-order valence-corrected chi connectivity index (χ0v) is 13.2. The van der Waals surface area contributed by atoms with E-state index in [9.17, 15) is 9.59 Å². The van der Waals surface area contributed by atoms with Gasteiger partial charge in [-0.25, -0.2) is 0 Å². The molecule has 0 fully saturated rings. The maximum atomic E-state index is 11.7. The fraction of sp³-hybridized carbons (Fsp3) is 0.357. The van der Waals surface area contributed by atoms with Crippen molar-refractivity contribution in [1.82, 2.24) is 5.32 Å². The van der Waals surface area contributed by atoms with Crippen LogP contribution < -0.4 is 10.6 Å². The molecule has 0 aliphatic rings. The van der Waals surface area contributed by atoms with E-state index >= 15 is 0 Å². The average molecular weight is 338 g/mol. The predicted octanol–water partition coefficient (Wildman–Crippen LogP) is 2.36. The second kappa shape index (κ2) is 6.53. The predicted molar refractivity (Wildman–Crippen MR) is 79.9 cm³/mol. The van der Waals surface area contributed by atoms with Gasteiger partial charge in [0.2, 0.25) is 11.8 Å². The highest BCUT2D eigenvalue weighted by molar-refractivity contribution is 9.10. The fourth-order valence-electron chi connectivity index (χ4n) is 1.36. The molecule has 1 aromatic carbocycles. The molecule has 0 aliphatic heterocycles. The number of amides is 2. The van der Waals surface area contributed by atoms with E-state index in [0.29, 0.717) is 5.69 Å². The van der Waals surface area contributed by atoms with E-state index in [4.69, 9.17) is 5.26 Å². The second-order valence-corrected chi connectivity index (χ2v) is 5.79. The highest BCUT2D eigenvalue weighted by Gasteiger charge is 2.27. The number of aryl methyl sites for hydroxylation is 1. The highest BCUT2D eigenvalue weighted by Crippen LogP contribution is 2.19. The summed E-state index contributed by atoms with van der Waals surface area (Å²) in [6, 6.07) is 7.30. The normalized spacial score (nSPS) is 10.6. The Balaban J connectivity index is 2.55. The molecule has 0 heterocycles. The summed E-state index contributed by atoms with van der Waals surface area (Å²) in [7, 11) is 0. The zero-order chi connectivity index (χ0) is 15.3. The quantitative estimate of drug-likeness (QED) is 0.884. The maximum absolute atomic E-state index is 11.7. The Hall–Kier alpha value is -1.87. The number of hydrogen-bond acceptors (Lipinski definition) is 3. The number of anilines is 1. The van der Waals surface area contributed by atoms with E-state index < -0.39 is 11.3 Å². The Morgan fingerprint density at radius 2 is 2.05 bits per heavy atom. The first-order chi connectivity index (χ1) is 9.26. The molecule has 0 saturated heterocycles. The van der Waals surface area contributed by atoms with Gasteiger partial charge >= 0.3 is 0 Å². The average Bonchev–Trinajstić information content (AvgIpc) is 2.40. The molecule has 0 spiro atoms. The molecule has 0 saturated carbocycles. The Morgan fingerprint density at radius 1 is 1.40 bits per heavy atom. The van der Waals surface area contributed by atoms with Crippen LogP contribution in [0.5, 0.6) is 0 Å². The Bertz CT molecular complexity index is 576. The highest BCUT2D eigenvalue weighted by atomic mass is 79.9. The first kappa shape index (κ1) is 16.2. The van der Waals surface area contributed by atoms with E-state index in [0.717, 1.165) is 10.0 Å². The van der Waals surface area contributed by atoms with Gasteiger partial charge in [-0.3, -0.25) is 9.59 Å². The summed E-state index contributed by atoms with van der Waals surface area (Å²) in [5, 5.41) is 13.9. The second-order valence-electron chi connectivity index (χ2n) is 4.93. The van der Waals surface area contributed by atoms with Gasteiger partial charge in [-0.2, -0.15) is 5.26 Å². The Labute approximate surface area is 126 Å². The molecule has 0 aromatic heterocycles. The van der Waals surface area contributed by atoms with Crippen LogP contribution in [-0.4, -0.2) is 18.4 Å². The van der Waals surface area contributed by atoms with Gasteiger partial charge in [-0.15, -0.1) is 0 Å². The molecule has 0 atom stereocenters. The number of nitrogens with zero attached hydrogens (tertiary/aromatic N) is 1. The fourth-order valence-corrected chi connectivity index (χ4v) is 1.61. The molecule has 2 amide bonds. The molecule has 0 radical (unpaired) electrons. The molecule has 6 heteroatoms. The van der Waals surface area contributed by atoms with Crippen molar-refractivity contribution in [3.05, 3.63) is 28.2 Å². The van der Waals surface area contributed by atoms with Crippen LogP contribution in [-0.2, 0) is 9.59 Å². The number of rotatable bonds is 4. The minimum atomic E-state index is -1.14. The molecule has 106 valence electrons. The summed E-state index contributed by atoms with van der Waals surface area (Å²) < 4.78 is 0.958.